The van der Waals surface area contributed by atoms with Gasteiger partial charge >= 0.3 is 0 Å². The van der Waals surface area contributed by atoms with Gasteiger partial charge in [-0.1, -0.05) is 12.1 Å². The lowest BCUT2D eigenvalue weighted by molar-refractivity contribution is 0.305. The van der Waals surface area contributed by atoms with E-state index < -0.39 is 0 Å². The van der Waals surface area contributed by atoms with Crippen LogP contribution in [0.5, 0.6) is 5.75 Å². The predicted octanol–water partition coefficient (Wildman–Crippen LogP) is 3.33. The Hall–Kier alpha value is -1.07. The summed E-state index contributed by atoms with van der Waals surface area (Å²) in [7, 11) is 0. The van der Waals surface area contributed by atoms with E-state index in [1.807, 2.05) is 5.38 Å². The molecule has 1 heterocycles. The van der Waals surface area contributed by atoms with E-state index >= 15 is 0 Å². The van der Waals surface area contributed by atoms with Gasteiger partial charge in [-0.25, -0.2) is 9.37 Å². The molecule has 0 aliphatic heterocycles. The van der Waals surface area contributed by atoms with Gasteiger partial charge in [0.15, 0.2) is 11.6 Å². The lowest BCUT2D eigenvalue weighted by Crippen LogP contribution is -2.02. The number of thiazole rings is 1. The van der Waals surface area contributed by atoms with Gasteiger partial charge in [-0.3, -0.25) is 0 Å². The van der Waals surface area contributed by atoms with E-state index in [0.29, 0.717) is 24.5 Å². The van der Waals surface area contributed by atoms with Crippen LogP contribution in [0.1, 0.15) is 10.7 Å². The van der Waals surface area contributed by atoms with Crippen molar-refractivity contribution in [2.75, 3.05) is 6.61 Å². The Labute approximate surface area is 109 Å². The number of para-hydroxylation sites is 1. The van der Waals surface area contributed by atoms with Crippen LogP contribution in [0, 0.1) is 5.82 Å². The summed E-state index contributed by atoms with van der Waals surface area (Å²) in [5.41, 5.74) is 0.972. The van der Waals surface area contributed by atoms with Gasteiger partial charge in [0.2, 0.25) is 0 Å². The highest BCUT2D eigenvalue weighted by Crippen LogP contribution is 2.16. The second kappa shape index (κ2) is 6.02. The Bertz CT molecular complexity index is 487. The topological polar surface area (TPSA) is 22.1 Å². The molecule has 0 radical (unpaired) electrons. The highest BCUT2D eigenvalue weighted by atomic mass is 32.1. The van der Waals surface area contributed by atoms with Crippen molar-refractivity contribution < 1.29 is 9.13 Å². The van der Waals surface area contributed by atoms with E-state index in [9.17, 15) is 4.39 Å². The molecule has 0 saturated carbocycles. The van der Waals surface area contributed by atoms with Crippen LogP contribution >= 0.6 is 24.0 Å². The zero-order chi connectivity index (χ0) is 12.1. The van der Waals surface area contributed by atoms with Crippen LogP contribution in [0.4, 0.5) is 4.39 Å². The Kier molecular flexibility index (Phi) is 4.39. The van der Waals surface area contributed by atoms with Gasteiger partial charge in [0.1, 0.15) is 0 Å². The van der Waals surface area contributed by atoms with E-state index in [1.165, 1.54) is 6.07 Å². The molecule has 17 heavy (non-hydrogen) atoms. The first-order chi connectivity index (χ1) is 8.29. The van der Waals surface area contributed by atoms with E-state index in [-0.39, 0.29) is 5.82 Å². The van der Waals surface area contributed by atoms with Crippen LogP contribution in [0.15, 0.2) is 29.6 Å². The number of nitrogens with zero attached hydrogens (tertiary/aromatic N) is 1. The Morgan fingerprint density at radius 3 is 2.88 bits per heavy atom. The second-order valence-electron chi connectivity index (χ2n) is 3.42. The fraction of sp³-hybridized carbons (Fsp3) is 0.250. The summed E-state index contributed by atoms with van der Waals surface area (Å²) in [6, 6.07) is 6.40. The predicted molar refractivity (Wildman–Crippen MR) is 70.4 cm³/mol. The Morgan fingerprint density at radius 2 is 2.18 bits per heavy atom. The number of benzene rings is 1. The van der Waals surface area contributed by atoms with Gasteiger partial charge in [0.05, 0.1) is 17.3 Å². The zero-order valence-electron chi connectivity index (χ0n) is 9.10. The lowest BCUT2D eigenvalue weighted by Gasteiger charge is -2.05. The number of ether oxygens (including phenoxy) is 1. The molecule has 0 aliphatic rings. The van der Waals surface area contributed by atoms with E-state index in [0.717, 1.165) is 10.7 Å². The van der Waals surface area contributed by atoms with Crippen LogP contribution < -0.4 is 4.74 Å². The molecular weight excluding hydrogens is 257 g/mol. The third-order valence-corrected chi connectivity index (χ3v) is 3.45. The number of aromatic nitrogens is 1. The van der Waals surface area contributed by atoms with Crippen LogP contribution in [0.2, 0.25) is 0 Å². The summed E-state index contributed by atoms with van der Waals surface area (Å²) in [5.74, 6) is 0.603. The second-order valence-corrected chi connectivity index (χ2v) is 4.68. The summed E-state index contributed by atoms with van der Waals surface area (Å²) < 4.78 is 18.6. The van der Waals surface area contributed by atoms with Crippen molar-refractivity contribution in [3.8, 4) is 5.75 Å². The fourth-order valence-electron chi connectivity index (χ4n) is 1.35. The Morgan fingerprint density at radius 1 is 1.35 bits per heavy atom. The van der Waals surface area contributed by atoms with Gasteiger partial charge in [0, 0.05) is 17.6 Å². The normalized spacial score (nSPS) is 10.5. The van der Waals surface area contributed by atoms with Crippen LogP contribution in [-0.4, -0.2) is 11.6 Å². The molecule has 1 aromatic heterocycles. The molecule has 2 rings (SSSR count). The molecule has 1 aromatic carbocycles. The monoisotopic (exact) mass is 269 g/mol. The van der Waals surface area contributed by atoms with Crippen molar-refractivity contribution >= 4 is 24.0 Å². The van der Waals surface area contributed by atoms with Gasteiger partial charge < -0.3 is 4.74 Å². The van der Waals surface area contributed by atoms with E-state index in [1.54, 1.807) is 29.5 Å². The molecule has 0 spiro atoms. The molecule has 0 amide bonds. The third-order valence-electron chi connectivity index (χ3n) is 2.17. The van der Waals surface area contributed by atoms with Gasteiger partial charge in [-0.05, 0) is 12.1 Å². The SMILES string of the molecule is Fc1ccccc1OCCc1nc(CS)cs1. The lowest BCUT2D eigenvalue weighted by atomic mass is 10.3. The zero-order valence-corrected chi connectivity index (χ0v) is 10.8. The molecule has 0 fully saturated rings. The summed E-state index contributed by atoms with van der Waals surface area (Å²) >= 11 is 5.73. The minimum absolute atomic E-state index is 0.290. The van der Waals surface area contributed by atoms with Gasteiger partial charge in [-0.15, -0.1) is 11.3 Å². The number of hydrogen-bond donors (Lipinski definition) is 1. The maximum atomic E-state index is 13.2. The van der Waals surface area contributed by atoms with E-state index in [4.69, 9.17) is 4.74 Å². The quantitative estimate of drug-likeness (QED) is 0.841. The van der Waals surface area contributed by atoms with Crippen molar-refractivity contribution in [1.29, 1.82) is 0 Å². The molecule has 0 aliphatic carbocycles. The molecule has 2 aromatic rings. The summed E-state index contributed by atoms with van der Waals surface area (Å²) in [5, 5.41) is 2.97. The van der Waals surface area contributed by atoms with Crippen molar-refractivity contribution in [1.82, 2.24) is 4.98 Å². The number of hydrogen-bond acceptors (Lipinski definition) is 4. The smallest absolute Gasteiger partial charge is 0.165 e. The molecule has 90 valence electrons. The van der Waals surface area contributed by atoms with Crippen LogP contribution in [0.25, 0.3) is 0 Å². The summed E-state index contributed by atoms with van der Waals surface area (Å²) in [6.45, 7) is 0.431. The van der Waals surface area contributed by atoms with Gasteiger partial charge in [-0.2, -0.15) is 12.6 Å². The van der Waals surface area contributed by atoms with Crippen molar-refractivity contribution in [2.24, 2.45) is 0 Å². The molecule has 0 unspecified atom stereocenters. The number of thiol groups is 1. The molecular formula is C12H12FNOS2. The average molecular weight is 269 g/mol. The average Bonchev–Trinajstić information content (AvgIpc) is 2.80. The maximum Gasteiger partial charge on any atom is 0.165 e. The first kappa shape index (κ1) is 12.4. The molecule has 0 bridgehead atoms. The highest BCUT2D eigenvalue weighted by molar-refractivity contribution is 7.79. The first-order valence-corrected chi connectivity index (χ1v) is 6.72. The highest BCUT2D eigenvalue weighted by Gasteiger charge is 2.03. The molecule has 5 heteroatoms. The molecule has 2 nitrogen and oxygen atoms in total. The molecule has 0 atom stereocenters. The number of halogens is 1. The summed E-state index contributed by atoms with van der Waals surface area (Å²) in [4.78, 5) is 4.35. The minimum Gasteiger partial charge on any atom is -0.490 e. The fourth-order valence-corrected chi connectivity index (χ4v) is 2.41. The maximum absolute atomic E-state index is 13.2. The standard InChI is InChI=1S/C12H12FNOS2/c13-10-3-1-2-4-11(10)15-6-5-12-14-9(7-16)8-17-12/h1-4,8,16H,5-7H2. The Balaban J connectivity index is 1.85. The van der Waals surface area contributed by atoms with Crippen LogP contribution in [0.3, 0.4) is 0 Å². The first-order valence-electron chi connectivity index (χ1n) is 5.21. The number of rotatable bonds is 5. The third kappa shape index (κ3) is 3.44. The van der Waals surface area contributed by atoms with Crippen molar-refractivity contribution in [3.05, 3.63) is 46.2 Å². The van der Waals surface area contributed by atoms with Gasteiger partial charge in [0.25, 0.3) is 0 Å². The largest absolute Gasteiger partial charge is 0.490 e. The minimum atomic E-state index is -0.331. The van der Waals surface area contributed by atoms with E-state index in [2.05, 4.69) is 17.6 Å². The van der Waals surface area contributed by atoms with Crippen LogP contribution in [-0.2, 0) is 12.2 Å². The van der Waals surface area contributed by atoms with Crippen molar-refractivity contribution in [3.63, 3.8) is 0 Å². The summed E-state index contributed by atoms with van der Waals surface area (Å²) in [6.07, 6.45) is 0.687. The van der Waals surface area contributed by atoms with Crippen molar-refractivity contribution in [2.45, 2.75) is 12.2 Å². The molecule has 0 N–H and O–H groups in total. The molecule has 0 saturated heterocycles.